The van der Waals surface area contributed by atoms with Gasteiger partial charge in [-0.15, -0.1) is 11.3 Å². The lowest BCUT2D eigenvalue weighted by Gasteiger charge is -2.33. The van der Waals surface area contributed by atoms with E-state index in [1.165, 1.54) is 25.3 Å². The molecule has 2 aromatic heterocycles. The number of nitrogens with one attached hydrogen (secondary N) is 1. The fourth-order valence-electron chi connectivity index (χ4n) is 3.72. The molecule has 1 saturated heterocycles. The quantitative estimate of drug-likeness (QED) is 0.605. The van der Waals surface area contributed by atoms with Gasteiger partial charge in [-0.05, 0) is 37.7 Å². The second kappa shape index (κ2) is 9.30. The zero-order chi connectivity index (χ0) is 22.0. The van der Waals surface area contributed by atoms with E-state index < -0.39 is 17.6 Å². The molecule has 0 aromatic carbocycles. The highest BCUT2D eigenvalue weighted by Crippen LogP contribution is 2.40. The highest BCUT2D eigenvalue weighted by atomic mass is 32.1. The molecule has 1 aliphatic heterocycles. The van der Waals surface area contributed by atoms with Crippen LogP contribution >= 0.6 is 11.3 Å². The number of hydrogen-bond acceptors (Lipinski definition) is 6. The fraction of sp³-hybridized carbons (Fsp3) is 0.619. The van der Waals surface area contributed by atoms with E-state index in [0.717, 1.165) is 29.9 Å². The SMILES string of the molecule is CNC(=O)c1csc2c(C(F)(F)F)cc(N3CCC(OCCOCC4CC4)CC3)nc12. The first-order valence-corrected chi connectivity index (χ1v) is 11.4. The summed E-state index contributed by atoms with van der Waals surface area (Å²) >= 11 is 0.892. The van der Waals surface area contributed by atoms with Gasteiger partial charge in [0, 0.05) is 32.1 Å². The van der Waals surface area contributed by atoms with Gasteiger partial charge >= 0.3 is 6.18 Å². The molecule has 0 spiro atoms. The largest absolute Gasteiger partial charge is 0.417 e. The van der Waals surface area contributed by atoms with Gasteiger partial charge < -0.3 is 19.7 Å². The first-order chi connectivity index (χ1) is 14.9. The van der Waals surface area contributed by atoms with Crippen LogP contribution in [0.5, 0.6) is 0 Å². The molecule has 3 heterocycles. The van der Waals surface area contributed by atoms with Crippen molar-refractivity contribution in [3.63, 3.8) is 0 Å². The molecule has 1 amide bonds. The Labute approximate surface area is 182 Å². The molecule has 2 aliphatic rings. The number of piperidine rings is 1. The summed E-state index contributed by atoms with van der Waals surface area (Å²) in [6, 6.07) is 1.10. The smallest absolute Gasteiger partial charge is 0.379 e. The molecule has 0 radical (unpaired) electrons. The number of carbonyl (C=O) groups excluding carboxylic acids is 1. The topological polar surface area (TPSA) is 63.7 Å². The van der Waals surface area contributed by atoms with E-state index in [1.807, 2.05) is 4.90 Å². The van der Waals surface area contributed by atoms with E-state index in [1.54, 1.807) is 0 Å². The highest BCUT2D eigenvalue weighted by Gasteiger charge is 2.36. The molecule has 1 saturated carbocycles. The molecule has 4 rings (SSSR count). The van der Waals surface area contributed by atoms with Crippen LogP contribution in [-0.2, 0) is 15.7 Å². The number of nitrogens with zero attached hydrogens (tertiary/aromatic N) is 2. The van der Waals surface area contributed by atoms with Crippen molar-refractivity contribution in [2.24, 2.45) is 5.92 Å². The van der Waals surface area contributed by atoms with Crippen LogP contribution in [-0.4, -0.2) is 57.0 Å². The van der Waals surface area contributed by atoms with Crippen molar-refractivity contribution >= 4 is 33.3 Å². The summed E-state index contributed by atoms with van der Waals surface area (Å²) in [5.41, 5.74) is -0.488. The number of rotatable bonds is 8. The number of alkyl halides is 3. The van der Waals surface area contributed by atoms with Crippen molar-refractivity contribution in [2.45, 2.75) is 38.0 Å². The van der Waals surface area contributed by atoms with E-state index in [9.17, 15) is 18.0 Å². The highest BCUT2D eigenvalue weighted by molar-refractivity contribution is 7.17. The molecular weight excluding hydrogens is 431 g/mol. The van der Waals surface area contributed by atoms with Gasteiger partial charge in [-0.1, -0.05) is 0 Å². The molecule has 2 aromatic rings. The normalized spacial score (nSPS) is 18.0. The van der Waals surface area contributed by atoms with Crippen LogP contribution < -0.4 is 10.2 Å². The minimum absolute atomic E-state index is 0.0146. The Morgan fingerprint density at radius 1 is 1.26 bits per heavy atom. The Balaban J connectivity index is 1.43. The zero-order valence-corrected chi connectivity index (χ0v) is 18.2. The first kappa shape index (κ1) is 22.3. The molecule has 0 bridgehead atoms. The van der Waals surface area contributed by atoms with Crippen molar-refractivity contribution in [1.29, 1.82) is 0 Å². The summed E-state index contributed by atoms with van der Waals surface area (Å²) in [6.45, 7) is 3.00. The molecule has 0 atom stereocenters. The minimum atomic E-state index is -4.53. The zero-order valence-electron chi connectivity index (χ0n) is 17.3. The van der Waals surface area contributed by atoms with E-state index in [4.69, 9.17) is 9.47 Å². The number of pyridine rings is 1. The summed E-state index contributed by atoms with van der Waals surface area (Å²) in [7, 11) is 1.45. The van der Waals surface area contributed by atoms with Crippen LogP contribution in [0.25, 0.3) is 10.2 Å². The van der Waals surface area contributed by atoms with Crippen LogP contribution in [0.4, 0.5) is 19.0 Å². The third kappa shape index (κ3) is 5.30. The van der Waals surface area contributed by atoms with Gasteiger partial charge in [-0.3, -0.25) is 4.79 Å². The monoisotopic (exact) mass is 457 g/mol. The molecule has 170 valence electrons. The first-order valence-electron chi connectivity index (χ1n) is 10.5. The van der Waals surface area contributed by atoms with Crippen LogP contribution in [0, 0.1) is 5.92 Å². The summed E-state index contributed by atoms with van der Waals surface area (Å²) < 4.78 is 52.5. The van der Waals surface area contributed by atoms with E-state index in [0.29, 0.717) is 39.1 Å². The predicted octanol–water partition coefficient (Wildman–Crippen LogP) is 4.09. The second-order valence-corrected chi connectivity index (χ2v) is 8.89. The summed E-state index contributed by atoms with van der Waals surface area (Å²) in [5, 5.41) is 3.90. The number of carbonyl (C=O) groups is 1. The van der Waals surface area contributed by atoms with Crippen molar-refractivity contribution in [3.8, 4) is 0 Å². The molecule has 31 heavy (non-hydrogen) atoms. The molecule has 2 fully saturated rings. The average Bonchev–Trinajstić information content (AvgIpc) is 3.48. The van der Waals surface area contributed by atoms with Gasteiger partial charge in [0.1, 0.15) is 5.82 Å². The van der Waals surface area contributed by atoms with Crippen LogP contribution in [0.1, 0.15) is 41.6 Å². The number of halogens is 3. The summed E-state index contributed by atoms with van der Waals surface area (Å²) in [6.07, 6.45) is -0.543. The van der Waals surface area contributed by atoms with Gasteiger partial charge in [0.05, 0.1) is 40.7 Å². The third-order valence-corrected chi connectivity index (χ3v) is 6.69. The molecule has 0 unspecified atom stereocenters. The molecular formula is C21H26F3N3O3S. The predicted molar refractivity (Wildman–Crippen MR) is 113 cm³/mol. The summed E-state index contributed by atoms with van der Waals surface area (Å²) in [4.78, 5) is 18.4. The standard InChI is InChI=1S/C21H26F3N3O3S/c1-25-20(28)15-12-31-19-16(21(22,23)24)10-17(26-18(15)19)27-6-4-14(5-7-27)30-9-8-29-11-13-2-3-13/h10,12-14H,2-9,11H2,1H3,(H,25,28). The molecule has 10 heteroatoms. The van der Waals surface area contributed by atoms with E-state index in [-0.39, 0.29) is 27.7 Å². The summed E-state index contributed by atoms with van der Waals surface area (Å²) in [5.74, 6) is 0.524. The van der Waals surface area contributed by atoms with Gasteiger partial charge in [-0.2, -0.15) is 13.2 Å². The number of anilines is 1. The maximum atomic E-state index is 13.7. The number of hydrogen-bond donors (Lipinski definition) is 1. The Kier molecular flexibility index (Phi) is 6.68. The maximum absolute atomic E-state index is 13.7. The van der Waals surface area contributed by atoms with Crippen LogP contribution in [0.3, 0.4) is 0 Å². The van der Waals surface area contributed by atoms with Crippen LogP contribution in [0.2, 0.25) is 0 Å². The fourth-order valence-corrected chi connectivity index (χ4v) is 4.75. The molecule has 1 aliphatic carbocycles. The van der Waals surface area contributed by atoms with Gasteiger partial charge in [0.15, 0.2) is 0 Å². The number of thiophene rings is 1. The van der Waals surface area contributed by atoms with Crippen LogP contribution in [0.15, 0.2) is 11.4 Å². The Hall–Kier alpha value is -1.91. The lowest BCUT2D eigenvalue weighted by Crippen LogP contribution is -2.38. The van der Waals surface area contributed by atoms with Crippen molar-refractivity contribution in [1.82, 2.24) is 10.3 Å². The second-order valence-electron chi connectivity index (χ2n) is 8.01. The minimum Gasteiger partial charge on any atom is -0.379 e. The third-order valence-electron chi connectivity index (χ3n) is 5.68. The maximum Gasteiger partial charge on any atom is 0.417 e. The van der Waals surface area contributed by atoms with E-state index >= 15 is 0 Å². The number of ether oxygens (including phenoxy) is 2. The Bertz CT molecular complexity index is 922. The average molecular weight is 458 g/mol. The van der Waals surface area contributed by atoms with Gasteiger partial charge in [-0.25, -0.2) is 4.98 Å². The number of amides is 1. The molecule has 6 nitrogen and oxygen atoms in total. The van der Waals surface area contributed by atoms with Crippen molar-refractivity contribution in [2.75, 3.05) is 44.9 Å². The van der Waals surface area contributed by atoms with Gasteiger partial charge in [0.2, 0.25) is 0 Å². The molecule has 1 N–H and O–H groups in total. The lowest BCUT2D eigenvalue weighted by atomic mass is 10.1. The van der Waals surface area contributed by atoms with E-state index in [2.05, 4.69) is 10.3 Å². The Morgan fingerprint density at radius 3 is 2.65 bits per heavy atom. The Morgan fingerprint density at radius 2 is 2.00 bits per heavy atom. The van der Waals surface area contributed by atoms with Crippen molar-refractivity contribution in [3.05, 3.63) is 22.6 Å². The van der Waals surface area contributed by atoms with Gasteiger partial charge in [0.25, 0.3) is 5.91 Å². The van der Waals surface area contributed by atoms with Crippen molar-refractivity contribution < 1.29 is 27.4 Å². The lowest BCUT2D eigenvalue weighted by molar-refractivity contribution is -0.136. The number of fused-ring (bicyclic) bond motifs is 1. The number of aromatic nitrogens is 1.